The molecule has 96 valence electrons. The second-order valence-corrected chi connectivity index (χ2v) is 5.73. The summed E-state index contributed by atoms with van der Waals surface area (Å²) in [6.07, 6.45) is 0. The van der Waals surface area contributed by atoms with Crippen molar-refractivity contribution >= 4 is 10.0 Å². The predicted octanol–water partition coefficient (Wildman–Crippen LogP) is 0.415. The van der Waals surface area contributed by atoms with Gasteiger partial charge < -0.3 is 9.84 Å². The van der Waals surface area contributed by atoms with Crippen LogP contribution in [0.1, 0.15) is 11.1 Å². The van der Waals surface area contributed by atoms with Crippen molar-refractivity contribution in [2.45, 2.75) is 13.5 Å². The maximum atomic E-state index is 11.1. The van der Waals surface area contributed by atoms with Gasteiger partial charge in [-0.2, -0.15) is 0 Å². The fourth-order valence-corrected chi connectivity index (χ4v) is 1.88. The van der Waals surface area contributed by atoms with E-state index in [1.54, 1.807) is 12.1 Å². The first-order valence-electron chi connectivity index (χ1n) is 5.22. The largest absolute Gasteiger partial charge is 0.492 e. The number of aliphatic hydroxyl groups excluding tert-OH is 1. The standard InChI is InChI=1S/C11H17NO4S/c1-9-5-10(8-13)7-11(6-9)16-3-4-17(14,15)12-2/h5-7,12-13H,3-4,8H2,1-2H3. The van der Waals surface area contributed by atoms with Crippen molar-refractivity contribution in [2.75, 3.05) is 19.4 Å². The lowest BCUT2D eigenvalue weighted by atomic mass is 10.1. The molecule has 0 aromatic heterocycles. The number of sulfonamides is 1. The van der Waals surface area contributed by atoms with Crippen LogP contribution < -0.4 is 9.46 Å². The Balaban J connectivity index is 2.61. The van der Waals surface area contributed by atoms with Crippen molar-refractivity contribution in [1.29, 1.82) is 0 Å². The highest BCUT2D eigenvalue weighted by Gasteiger charge is 2.07. The highest BCUT2D eigenvalue weighted by atomic mass is 32.2. The average molecular weight is 259 g/mol. The molecule has 0 radical (unpaired) electrons. The molecule has 0 saturated carbocycles. The second-order valence-electron chi connectivity index (χ2n) is 3.68. The highest BCUT2D eigenvalue weighted by molar-refractivity contribution is 7.89. The number of ether oxygens (including phenoxy) is 1. The van der Waals surface area contributed by atoms with Gasteiger partial charge in [0.1, 0.15) is 12.4 Å². The van der Waals surface area contributed by atoms with Gasteiger partial charge in [-0.1, -0.05) is 6.07 Å². The topological polar surface area (TPSA) is 75.6 Å². The highest BCUT2D eigenvalue weighted by Crippen LogP contribution is 2.16. The third-order valence-electron chi connectivity index (χ3n) is 2.23. The lowest BCUT2D eigenvalue weighted by molar-refractivity contribution is 0.280. The van der Waals surface area contributed by atoms with Crippen LogP contribution in [0.5, 0.6) is 5.75 Å². The Bertz CT molecular complexity index is 470. The predicted molar refractivity (Wildman–Crippen MR) is 65.4 cm³/mol. The van der Waals surface area contributed by atoms with Gasteiger partial charge in [0, 0.05) is 0 Å². The van der Waals surface area contributed by atoms with Gasteiger partial charge in [0.15, 0.2) is 0 Å². The van der Waals surface area contributed by atoms with E-state index < -0.39 is 10.0 Å². The smallest absolute Gasteiger partial charge is 0.214 e. The lowest BCUT2D eigenvalue weighted by Gasteiger charge is -2.08. The van der Waals surface area contributed by atoms with E-state index in [2.05, 4.69) is 4.72 Å². The van der Waals surface area contributed by atoms with E-state index in [9.17, 15) is 8.42 Å². The molecule has 0 fully saturated rings. The second kappa shape index (κ2) is 6.00. The molecule has 0 saturated heterocycles. The molecule has 0 aliphatic rings. The first-order valence-corrected chi connectivity index (χ1v) is 6.87. The molecule has 5 nitrogen and oxygen atoms in total. The van der Waals surface area contributed by atoms with Crippen molar-refractivity contribution in [3.05, 3.63) is 29.3 Å². The number of aryl methyl sites for hydroxylation is 1. The number of hydrogen-bond donors (Lipinski definition) is 2. The van der Waals surface area contributed by atoms with Crippen molar-refractivity contribution in [1.82, 2.24) is 4.72 Å². The zero-order valence-electron chi connectivity index (χ0n) is 9.93. The maximum absolute atomic E-state index is 11.1. The summed E-state index contributed by atoms with van der Waals surface area (Å²) in [5.41, 5.74) is 1.71. The fourth-order valence-electron chi connectivity index (χ4n) is 1.37. The van der Waals surface area contributed by atoms with Crippen LogP contribution in [0.15, 0.2) is 18.2 Å². The van der Waals surface area contributed by atoms with Crippen LogP contribution in [0, 0.1) is 6.92 Å². The minimum atomic E-state index is -3.24. The minimum absolute atomic E-state index is 0.0626. The number of hydrogen-bond acceptors (Lipinski definition) is 4. The van der Waals surface area contributed by atoms with E-state index in [-0.39, 0.29) is 19.0 Å². The summed E-state index contributed by atoms with van der Waals surface area (Å²) in [5, 5.41) is 9.02. The van der Waals surface area contributed by atoms with Gasteiger partial charge in [-0.05, 0) is 37.2 Å². The van der Waals surface area contributed by atoms with Crippen molar-refractivity contribution in [3.63, 3.8) is 0 Å². The monoisotopic (exact) mass is 259 g/mol. The van der Waals surface area contributed by atoms with Gasteiger partial charge in [0.05, 0.1) is 12.4 Å². The summed E-state index contributed by atoms with van der Waals surface area (Å²) in [4.78, 5) is 0. The summed E-state index contributed by atoms with van der Waals surface area (Å²) in [7, 11) is -1.87. The van der Waals surface area contributed by atoms with Gasteiger partial charge in [-0.15, -0.1) is 0 Å². The van der Waals surface area contributed by atoms with Crippen LogP contribution in [-0.4, -0.2) is 32.9 Å². The molecule has 0 aliphatic heterocycles. The molecule has 1 aromatic rings. The molecular formula is C11H17NO4S. The van der Waals surface area contributed by atoms with Gasteiger partial charge in [-0.3, -0.25) is 0 Å². The molecule has 17 heavy (non-hydrogen) atoms. The number of rotatable bonds is 6. The van der Waals surface area contributed by atoms with Crippen molar-refractivity contribution in [2.24, 2.45) is 0 Å². The van der Waals surface area contributed by atoms with E-state index in [0.717, 1.165) is 11.1 Å². The Hall–Kier alpha value is -1.11. The van der Waals surface area contributed by atoms with E-state index in [1.807, 2.05) is 13.0 Å². The van der Waals surface area contributed by atoms with Crippen LogP contribution in [0.2, 0.25) is 0 Å². The summed E-state index contributed by atoms with van der Waals surface area (Å²) in [6, 6.07) is 5.33. The maximum Gasteiger partial charge on any atom is 0.214 e. The number of aliphatic hydroxyl groups is 1. The van der Waals surface area contributed by atoms with Crippen LogP contribution in [0.4, 0.5) is 0 Å². The fraction of sp³-hybridized carbons (Fsp3) is 0.455. The molecule has 0 spiro atoms. The van der Waals surface area contributed by atoms with E-state index in [1.165, 1.54) is 7.05 Å². The quantitative estimate of drug-likeness (QED) is 0.776. The molecule has 0 aliphatic carbocycles. The minimum Gasteiger partial charge on any atom is -0.492 e. The van der Waals surface area contributed by atoms with Gasteiger partial charge in [0.2, 0.25) is 10.0 Å². The lowest BCUT2D eigenvalue weighted by Crippen LogP contribution is -2.25. The summed E-state index contributed by atoms with van der Waals surface area (Å²) in [6.45, 7) is 1.90. The zero-order chi connectivity index (χ0) is 12.9. The van der Waals surface area contributed by atoms with E-state index in [0.29, 0.717) is 5.75 Å². The van der Waals surface area contributed by atoms with Gasteiger partial charge >= 0.3 is 0 Å². The van der Waals surface area contributed by atoms with Gasteiger partial charge in [0.25, 0.3) is 0 Å². The Morgan fingerprint density at radius 2 is 2.06 bits per heavy atom. The Kier molecular flexibility index (Phi) is 4.92. The van der Waals surface area contributed by atoms with Crippen LogP contribution >= 0.6 is 0 Å². The van der Waals surface area contributed by atoms with E-state index >= 15 is 0 Å². The normalized spacial score (nSPS) is 11.5. The van der Waals surface area contributed by atoms with Crippen LogP contribution in [-0.2, 0) is 16.6 Å². The third-order valence-corrected chi connectivity index (χ3v) is 3.55. The molecule has 0 atom stereocenters. The first-order chi connectivity index (χ1) is 7.96. The molecule has 0 unspecified atom stereocenters. The van der Waals surface area contributed by atoms with E-state index in [4.69, 9.17) is 9.84 Å². The molecular weight excluding hydrogens is 242 g/mol. The number of nitrogens with one attached hydrogen (secondary N) is 1. The average Bonchev–Trinajstić information content (AvgIpc) is 2.28. The summed E-state index contributed by atoms with van der Waals surface area (Å²) < 4.78 is 29.8. The molecule has 6 heteroatoms. The Labute approximate surface area is 101 Å². The summed E-state index contributed by atoms with van der Waals surface area (Å²) >= 11 is 0. The summed E-state index contributed by atoms with van der Waals surface area (Å²) in [5.74, 6) is 0.478. The van der Waals surface area contributed by atoms with Gasteiger partial charge in [-0.25, -0.2) is 13.1 Å². The first kappa shape index (κ1) is 14.0. The molecule has 0 bridgehead atoms. The molecule has 0 heterocycles. The Morgan fingerprint density at radius 3 is 2.65 bits per heavy atom. The Morgan fingerprint density at radius 1 is 1.35 bits per heavy atom. The molecule has 1 aromatic carbocycles. The van der Waals surface area contributed by atoms with Crippen molar-refractivity contribution < 1.29 is 18.3 Å². The SMILES string of the molecule is CNS(=O)(=O)CCOc1cc(C)cc(CO)c1. The number of benzene rings is 1. The molecule has 1 rings (SSSR count). The van der Waals surface area contributed by atoms with Crippen LogP contribution in [0.3, 0.4) is 0 Å². The van der Waals surface area contributed by atoms with Crippen LogP contribution in [0.25, 0.3) is 0 Å². The molecule has 2 N–H and O–H groups in total. The third kappa shape index (κ3) is 4.72. The molecule has 0 amide bonds. The van der Waals surface area contributed by atoms with Crippen molar-refractivity contribution in [3.8, 4) is 5.75 Å². The zero-order valence-corrected chi connectivity index (χ0v) is 10.8.